The molecule has 10 heteroatoms. The van der Waals surface area contributed by atoms with Crippen LogP contribution in [-0.2, 0) is 43.0 Å². The lowest BCUT2D eigenvalue weighted by molar-refractivity contribution is -0.120. The number of rotatable bonds is 17. The minimum atomic E-state index is -3.89. The van der Waals surface area contributed by atoms with Crippen molar-refractivity contribution in [1.29, 1.82) is 0 Å². The van der Waals surface area contributed by atoms with E-state index >= 15 is 0 Å². The van der Waals surface area contributed by atoms with Gasteiger partial charge in [0, 0.05) is 12.3 Å². The Morgan fingerprint density at radius 3 is 2.12 bits per heavy atom. The van der Waals surface area contributed by atoms with Gasteiger partial charge < -0.3 is 4.52 Å². The Hall–Kier alpha value is -1.45. The second kappa shape index (κ2) is 14.8. The molecular formula is C24H38O8P2. The molecule has 1 rings (SSSR count). The molecule has 0 spiro atoms. The summed E-state index contributed by atoms with van der Waals surface area (Å²) in [6.07, 6.45) is 7.21. The summed E-state index contributed by atoms with van der Waals surface area (Å²) in [5.41, 5.74) is 2.14. The maximum atomic E-state index is 12.9. The van der Waals surface area contributed by atoms with Gasteiger partial charge in [0.25, 0.3) is 0 Å². The molecule has 8 nitrogen and oxygen atoms in total. The molecule has 0 aromatic heterocycles. The highest BCUT2D eigenvalue weighted by Crippen LogP contribution is 2.52. The fourth-order valence-electron chi connectivity index (χ4n) is 3.22. The van der Waals surface area contributed by atoms with Crippen LogP contribution in [0.25, 0.3) is 0 Å². The van der Waals surface area contributed by atoms with E-state index in [0.29, 0.717) is 5.92 Å². The number of carbonyl (C=O) groups excluding carboxylic acids is 1. The van der Waals surface area contributed by atoms with Crippen molar-refractivity contribution in [2.24, 2.45) is 5.92 Å². The van der Waals surface area contributed by atoms with Crippen LogP contribution in [0, 0.1) is 18.4 Å². The van der Waals surface area contributed by atoms with Crippen molar-refractivity contribution in [2.45, 2.75) is 65.9 Å². The van der Waals surface area contributed by atoms with E-state index in [-0.39, 0.29) is 44.4 Å². The average Bonchev–Trinajstić information content (AvgIpc) is 2.75. The number of terminal acetylenes is 1. The third-order valence-corrected chi connectivity index (χ3v) is 7.65. The van der Waals surface area contributed by atoms with Crippen molar-refractivity contribution in [3.63, 3.8) is 0 Å². The molecule has 192 valence electrons. The number of phosphoric acid groups is 1. The zero-order valence-electron chi connectivity index (χ0n) is 21.0. The molecule has 0 aliphatic carbocycles. The van der Waals surface area contributed by atoms with Crippen molar-refractivity contribution in [3.8, 4) is 12.5 Å². The first-order valence-electron chi connectivity index (χ1n) is 11.5. The normalized spacial score (nSPS) is 15.4. The second-order valence-corrected chi connectivity index (χ2v) is 12.0. The standard InChI is InChI=1S/C24H38O8P2/c1-8-28-33(7,26)31-18-23(32-34(27,29-9-2)30-10-3)15-16-24(25)20(6)22-13-11-21(12-14-22)17-19(4)5/h1,11-14,19-20,23H,9-10,15-18H2,2-7H3. The molecule has 0 fully saturated rings. The molecule has 3 unspecified atom stereocenters. The summed E-state index contributed by atoms with van der Waals surface area (Å²) in [6, 6.07) is 8.04. The molecule has 0 N–H and O–H groups in total. The van der Waals surface area contributed by atoms with Crippen LogP contribution in [-0.4, -0.2) is 38.4 Å². The molecule has 0 aliphatic rings. The largest absolute Gasteiger partial charge is 0.475 e. The van der Waals surface area contributed by atoms with Gasteiger partial charge in [-0.1, -0.05) is 51.5 Å². The maximum Gasteiger partial charge on any atom is 0.475 e. The fourth-order valence-corrected chi connectivity index (χ4v) is 5.26. The molecule has 0 radical (unpaired) electrons. The van der Waals surface area contributed by atoms with Gasteiger partial charge in [0.2, 0.25) is 0 Å². The number of phosphoric ester groups is 1. The zero-order chi connectivity index (χ0) is 25.8. The van der Waals surface area contributed by atoms with E-state index < -0.39 is 21.5 Å². The first kappa shape index (κ1) is 30.6. The predicted octanol–water partition coefficient (Wildman–Crippen LogP) is 6.35. The predicted molar refractivity (Wildman–Crippen MR) is 133 cm³/mol. The Balaban J connectivity index is 2.88. The molecule has 1 aromatic carbocycles. The van der Waals surface area contributed by atoms with Crippen LogP contribution in [0.5, 0.6) is 0 Å². The first-order valence-corrected chi connectivity index (χ1v) is 15.0. The van der Waals surface area contributed by atoms with Crippen molar-refractivity contribution in [1.82, 2.24) is 0 Å². The highest BCUT2D eigenvalue weighted by Gasteiger charge is 2.32. The summed E-state index contributed by atoms with van der Waals surface area (Å²) in [7, 11) is -7.44. The zero-order valence-corrected chi connectivity index (χ0v) is 22.8. The molecule has 0 amide bonds. The minimum absolute atomic E-state index is 0.0209. The average molecular weight is 517 g/mol. The van der Waals surface area contributed by atoms with Crippen LogP contribution < -0.4 is 0 Å². The molecule has 0 heterocycles. The third-order valence-electron chi connectivity index (χ3n) is 4.89. The highest BCUT2D eigenvalue weighted by atomic mass is 31.2. The molecule has 0 saturated heterocycles. The second-order valence-electron chi connectivity index (χ2n) is 8.35. The molecular weight excluding hydrogens is 478 g/mol. The van der Waals surface area contributed by atoms with E-state index in [1.807, 2.05) is 37.3 Å². The van der Waals surface area contributed by atoms with Crippen LogP contribution >= 0.6 is 15.4 Å². The molecule has 34 heavy (non-hydrogen) atoms. The van der Waals surface area contributed by atoms with Crippen molar-refractivity contribution >= 4 is 21.2 Å². The number of carbonyl (C=O) groups is 1. The number of ketones is 1. The lowest BCUT2D eigenvalue weighted by atomic mass is 9.92. The van der Waals surface area contributed by atoms with Gasteiger partial charge in [0.15, 0.2) is 0 Å². The summed E-state index contributed by atoms with van der Waals surface area (Å²) in [5.74, 6) is 0.201. The third kappa shape index (κ3) is 11.3. The Bertz CT molecular complexity index is 881. The van der Waals surface area contributed by atoms with E-state index in [2.05, 4.69) is 18.4 Å². The highest BCUT2D eigenvalue weighted by molar-refractivity contribution is 7.53. The Morgan fingerprint density at radius 1 is 1.03 bits per heavy atom. The molecule has 1 aromatic rings. The van der Waals surface area contributed by atoms with Crippen LogP contribution in [0.15, 0.2) is 24.3 Å². The maximum absolute atomic E-state index is 12.9. The van der Waals surface area contributed by atoms with Gasteiger partial charge in [0.1, 0.15) is 11.9 Å². The first-order chi connectivity index (χ1) is 15.9. The van der Waals surface area contributed by atoms with E-state index in [0.717, 1.165) is 12.0 Å². The van der Waals surface area contributed by atoms with Gasteiger partial charge in [-0.15, -0.1) is 0 Å². The molecule has 0 bridgehead atoms. The quantitative estimate of drug-likeness (QED) is 0.175. The van der Waals surface area contributed by atoms with Crippen LogP contribution in [0.1, 0.15) is 64.5 Å². The summed E-state index contributed by atoms with van der Waals surface area (Å²) in [4.78, 5) is 12.9. The topological polar surface area (TPSA) is 97.4 Å². The summed E-state index contributed by atoms with van der Waals surface area (Å²) in [6.45, 7) is 10.6. The van der Waals surface area contributed by atoms with Gasteiger partial charge >= 0.3 is 15.4 Å². The summed E-state index contributed by atoms with van der Waals surface area (Å²) in [5, 5.41) is 0. The van der Waals surface area contributed by atoms with Gasteiger partial charge in [-0.3, -0.25) is 22.9 Å². The van der Waals surface area contributed by atoms with Gasteiger partial charge in [-0.05, 0) is 43.7 Å². The van der Waals surface area contributed by atoms with Crippen molar-refractivity contribution < 1.29 is 36.5 Å². The monoisotopic (exact) mass is 516 g/mol. The Labute approximate surface area is 204 Å². The van der Waals surface area contributed by atoms with E-state index in [1.165, 1.54) is 12.2 Å². The fraction of sp³-hybridized carbons (Fsp3) is 0.625. The number of Topliss-reactive ketones (excluding diaryl/α,β-unsaturated/α-hetero) is 1. The smallest absolute Gasteiger partial charge is 0.371 e. The minimum Gasteiger partial charge on any atom is -0.371 e. The summed E-state index contributed by atoms with van der Waals surface area (Å²) < 4.78 is 51.0. The summed E-state index contributed by atoms with van der Waals surface area (Å²) >= 11 is 0. The molecule has 0 saturated carbocycles. The number of benzene rings is 1. The number of hydrogen-bond donors (Lipinski definition) is 0. The van der Waals surface area contributed by atoms with Crippen LogP contribution in [0.3, 0.4) is 0 Å². The van der Waals surface area contributed by atoms with Gasteiger partial charge in [-0.2, -0.15) is 0 Å². The number of hydrogen-bond acceptors (Lipinski definition) is 8. The van der Waals surface area contributed by atoms with E-state index in [9.17, 15) is 13.9 Å². The molecule has 3 atom stereocenters. The Morgan fingerprint density at radius 2 is 1.62 bits per heavy atom. The van der Waals surface area contributed by atoms with E-state index in [1.54, 1.807) is 13.8 Å². The SMILES string of the molecule is C#COP(C)(=O)OCC(CCC(=O)C(C)c1ccc(CC(C)C)cc1)OP(=O)(OCC)OCC. The lowest BCUT2D eigenvalue weighted by Crippen LogP contribution is -2.22. The van der Waals surface area contributed by atoms with Crippen molar-refractivity contribution in [2.75, 3.05) is 26.5 Å². The van der Waals surface area contributed by atoms with Gasteiger partial charge in [0.05, 0.1) is 32.6 Å². The van der Waals surface area contributed by atoms with Crippen LogP contribution in [0.4, 0.5) is 0 Å². The Kier molecular flexibility index (Phi) is 13.3. The van der Waals surface area contributed by atoms with Gasteiger partial charge in [-0.25, -0.2) is 9.13 Å². The lowest BCUT2D eigenvalue weighted by Gasteiger charge is -2.24. The van der Waals surface area contributed by atoms with Crippen LogP contribution in [0.2, 0.25) is 0 Å². The van der Waals surface area contributed by atoms with Crippen molar-refractivity contribution in [3.05, 3.63) is 35.4 Å². The van der Waals surface area contributed by atoms with E-state index in [4.69, 9.17) is 24.5 Å². The molecule has 0 aliphatic heterocycles.